The number of amides is 1. The quantitative estimate of drug-likeness (QED) is 0.621. The van der Waals surface area contributed by atoms with Gasteiger partial charge in [0.15, 0.2) is 5.78 Å². The van der Waals surface area contributed by atoms with Gasteiger partial charge in [-0.2, -0.15) is 0 Å². The zero-order valence-electron chi connectivity index (χ0n) is 16.4. The molecule has 1 heterocycles. The number of carbonyl (C=O) groups is 2. The summed E-state index contributed by atoms with van der Waals surface area (Å²) >= 11 is 0. The highest BCUT2D eigenvalue weighted by Gasteiger charge is 2.22. The fraction of sp³-hybridized carbons (Fsp3) is 0.227. The molecule has 2 N–H and O–H groups in total. The number of ketones is 1. The lowest BCUT2D eigenvalue weighted by molar-refractivity contribution is 0.103. The molecule has 0 radical (unpaired) electrons. The van der Waals surface area contributed by atoms with Crippen molar-refractivity contribution in [2.24, 2.45) is 5.73 Å². The largest absolute Gasteiger partial charge is 0.478 e. The number of rotatable bonds is 6. The molecule has 0 unspecified atom stereocenters. The first-order valence-electron chi connectivity index (χ1n) is 9.15. The summed E-state index contributed by atoms with van der Waals surface area (Å²) in [4.78, 5) is 28.3. The molecule has 2 aromatic carbocycles. The average Bonchev–Trinajstić information content (AvgIpc) is 2.69. The molecule has 0 aliphatic rings. The molecule has 7 heteroatoms. The maximum atomic E-state index is 15.1. The van der Waals surface area contributed by atoms with E-state index in [1.807, 2.05) is 6.92 Å². The molecule has 0 fully saturated rings. The third-order valence-electron chi connectivity index (χ3n) is 4.70. The normalized spacial score (nSPS) is 11.9. The van der Waals surface area contributed by atoms with Crippen molar-refractivity contribution >= 4 is 22.6 Å². The van der Waals surface area contributed by atoms with Crippen molar-refractivity contribution in [3.8, 4) is 5.88 Å². The van der Waals surface area contributed by atoms with Gasteiger partial charge >= 0.3 is 6.09 Å². The highest BCUT2D eigenvalue weighted by atomic mass is 19.1. The van der Waals surface area contributed by atoms with Crippen LogP contribution >= 0.6 is 0 Å². The lowest BCUT2D eigenvalue weighted by Gasteiger charge is -2.16. The third-order valence-corrected chi connectivity index (χ3v) is 4.70. The Morgan fingerprint density at radius 3 is 2.59 bits per heavy atom. The molecule has 1 amide bonds. The van der Waals surface area contributed by atoms with Crippen molar-refractivity contribution in [3.05, 3.63) is 70.7 Å². The highest BCUT2D eigenvalue weighted by molar-refractivity contribution is 6.17. The van der Waals surface area contributed by atoms with Gasteiger partial charge in [-0.15, -0.1) is 0 Å². The van der Waals surface area contributed by atoms with Crippen LogP contribution in [0.4, 0.5) is 9.18 Å². The van der Waals surface area contributed by atoms with Crippen LogP contribution in [0.2, 0.25) is 0 Å². The van der Waals surface area contributed by atoms with E-state index in [1.165, 1.54) is 13.0 Å². The summed E-state index contributed by atoms with van der Waals surface area (Å²) in [5.74, 6) is -0.701. The van der Waals surface area contributed by atoms with E-state index < -0.39 is 23.8 Å². The Kier molecular flexibility index (Phi) is 5.77. The second-order valence-electron chi connectivity index (χ2n) is 6.50. The first-order chi connectivity index (χ1) is 13.8. The molecule has 0 bridgehead atoms. The van der Waals surface area contributed by atoms with Crippen molar-refractivity contribution in [2.45, 2.75) is 26.9 Å². The fourth-order valence-electron chi connectivity index (χ4n) is 3.33. The Bertz CT molecular complexity index is 1100. The second kappa shape index (κ2) is 8.26. The summed E-state index contributed by atoms with van der Waals surface area (Å²) in [7, 11) is 0. The molecule has 29 heavy (non-hydrogen) atoms. The van der Waals surface area contributed by atoms with Gasteiger partial charge in [0.25, 0.3) is 0 Å². The van der Waals surface area contributed by atoms with E-state index in [0.717, 1.165) is 0 Å². The number of halogens is 1. The smallest absolute Gasteiger partial charge is 0.405 e. The molecule has 6 nitrogen and oxygen atoms in total. The summed E-state index contributed by atoms with van der Waals surface area (Å²) in [6.07, 6.45) is -0.132. The molecule has 0 spiro atoms. The lowest BCUT2D eigenvalue weighted by atomic mass is 9.94. The van der Waals surface area contributed by atoms with E-state index in [-0.39, 0.29) is 11.1 Å². The second-order valence-corrected chi connectivity index (χ2v) is 6.50. The lowest BCUT2D eigenvalue weighted by Crippen LogP contribution is -2.17. The maximum absolute atomic E-state index is 15.1. The minimum absolute atomic E-state index is 0.0696. The number of carbonyl (C=O) groups excluding carboxylic acids is 2. The van der Waals surface area contributed by atoms with Gasteiger partial charge in [-0.1, -0.05) is 18.2 Å². The molecular formula is C22H21FN2O4. The molecule has 3 rings (SSSR count). The zero-order chi connectivity index (χ0) is 21.1. The van der Waals surface area contributed by atoms with Crippen LogP contribution in [0.25, 0.3) is 10.8 Å². The monoisotopic (exact) mass is 396 g/mol. The number of hydrogen-bond donors (Lipinski definition) is 1. The van der Waals surface area contributed by atoms with Crippen molar-refractivity contribution in [1.82, 2.24) is 4.98 Å². The Morgan fingerprint density at radius 1 is 1.14 bits per heavy atom. The number of primary amides is 1. The Morgan fingerprint density at radius 2 is 1.90 bits per heavy atom. The molecule has 0 saturated carbocycles. The van der Waals surface area contributed by atoms with Crippen molar-refractivity contribution < 1.29 is 23.5 Å². The van der Waals surface area contributed by atoms with Gasteiger partial charge in [-0.3, -0.25) is 4.79 Å². The topological polar surface area (TPSA) is 91.5 Å². The number of benzene rings is 2. The average molecular weight is 396 g/mol. The van der Waals surface area contributed by atoms with Crippen molar-refractivity contribution in [1.29, 1.82) is 0 Å². The van der Waals surface area contributed by atoms with Gasteiger partial charge in [0, 0.05) is 17.1 Å². The van der Waals surface area contributed by atoms with Gasteiger partial charge in [0.1, 0.15) is 11.9 Å². The number of hydrogen-bond acceptors (Lipinski definition) is 5. The van der Waals surface area contributed by atoms with Gasteiger partial charge in [-0.25, -0.2) is 14.2 Å². The molecule has 0 aliphatic carbocycles. The first kappa shape index (κ1) is 20.3. The van der Waals surface area contributed by atoms with E-state index in [2.05, 4.69) is 4.98 Å². The van der Waals surface area contributed by atoms with Crippen LogP contribution in [-0.4, -0.2) is 23.5 Å². The molecule has 0 aliphatic heterocycles. The van der Waals surface area contributed by atoms with Gasteiger partial charge < -0.3 is 15.2 Å². The third kappa shape index (κ3) is 3.89. The minimum atomic E-state index is -0.952. The van der Waals surface area contributed by atoms with Gasteiger partial charge in [0.2, 0.25) is 5.88 Å². The van der Waals surface area contributed by atoms with E-state index in [1.54, 1.807) is 43.5 Å². The van der Waals surface area contributed by atoms with Crippen LogP contribution in [-0.2, 0) is 4.74 Å². The minimum Gasteiger partial charge on any atom is -0.478 e. The summed E-state index contributed by atoms with van der Waals surface area (Å²) in [6.45, 7) is 5.40. The van der Waals surface area contributed by atoms with Crippen LogP contribution in [0.15, 0.2) is 42.6 Å². The summed E-state index contributed by atoms with van der Waals surface area (Å²) in [5, 5.41) is 1.31. The summed E-state index contributed by atoms with van der Waals surface area (Å²) < 4.78 is 25.5. The maximum Gasteiger partial charge on any atom is 0.405 e. The number of nitrogens with two attached hydrogens (primary N) is 1. The van der Waals surface area contributed by atoms with Crippen LogP contribution < -0.4 is 10.5 Å². The number of fused-ring (bicyclic) bond motifs is 1. The van der Waals surface area contributed by atoms with Crippen LogP contribution in [0.5, 0.6) is 5.88 Å². The molecule has 1 atom stereocenters. The molecule has 3 aromatic rings. The molecule has 150 valence electrons. The van der Waals surface area contributed by atoms with Crippen molar-refractivity contribution in [3.63, 3.8) is 0 Å². The molecule has 0 saturated heterocycles. The number of nitrogens with zero attached hydrogens (tertiary/aromatic N) is 1. The SMILES string of the molecule is CCOc1nccc2c(C(=O)c3ccc([C@@H](C)OC(N)=O)c(C)c3F)cccc12. The standard InChI is InChI=1S/C22H21FN2O4/c1-4-28-21-17-7-5-6-16(15(17)10-11-25-21)20(26)18-9-8-14(12(2)19(18)23)13(3)29-22(24)27/h5-11,13H,4H2,1-3H3,(H2,24,27)/t13-/m1/s1. The van der Waals surface area contributed by atoms with Crippen molar-refractivity contribution in [2.75, 3.05) is 6.61 Å². The predicted octanol–water partition coefficient (Wildman–Crippen LogP) is 4.47. The van der Waals surface area contributed by atoms with E-state index in [9.17, 15) is 9.59 Å². The Labute approximate surface area is 167 Å². The summed E-state index contributed by atoms with van der Waals surface area (Å²) in [6, 6.07) is 9.82. The Hall–Kier alpha value is -3.48. The van der Waals surface area contributed by atoms with E-state index >= 15 is 4.39 Å². The van der Waals surface area contributed by atoms with E-state index in [4.69, 9.17) is 15.2 Å². The van der Waals surface area contributed by atoms with Crippen LogP contribution in [0.1, 0.15) is 47.0 Å². The number of pyridine rings is 1. The molecular weight excluding hydrogens is 375 g/mol. The molecule has 1 aromatic heterocycles. The zero-order valence-corrected chi connectivity index (χ0v) is 16.4. The number of ether oxygens (including phenoxy) is 2. The summed E-state index contributed by atoms with van der Waals surface area (Å²) in [5.41, 5.74) is 5.98. The highest BCUT2D eigenvalue weighted by Crippen LogP contribution is 2.30. The fourth-order valence-corrected chi connectivity index (χ4v) is 3.33. The van der Waals surface area contributed by atoms with Gasteiger partial charge in [0.05, 0.1) is 12.2 Å². The predicted molar refractivity (Wildman–Crippen MR) is 107 cm³/mol. The van der Waals surface area contributed by atoms with Crippen LogP contribution in [0.3, 0.4) is 0 Å². The Balaban J connectivity index is 2.07. The van der Waals surface area contributed by atoms with E-state index in [0.29, 0.717) is 34.4 Å². The van der Waals surface area contributed by atoms with Gasteiger partial charge in [-0.05, 0) is 55.5 Å². The first-order valence-corrected chi connectivity index (χ1v) is 9.15. The van der Waals surface area contributed by atoms with Crippen LogP contribution in [0, 0.1) is 12.7 Å². The number of aromatic nitrogens is 1.